The Morgan fingerprint density at radius 2 is 1.67 bits per heavy atom. The summed E-state index contributed by atoms with van der Waals surface area (Å²) in [6.45, 7) is 0. The molecule has 0 atom stereocenters. The highest BCUT2D eigenvalue weighted by Gasteiger charge is 2.20. The Labute approximate surface area is 85.8 Å². The molecule has 1 aromatic rings. The van der Waals surface area contributed by atoms with Crippen molar-refractivity contribution in [2.75, 3.05) is 7.11 Å². The lowest BCUT2D eigenvalue weighted by atomic mass is 10.0. The number of amides is 1. The highest BCUT2D eigenvalue weighted by Crippen LogP contribution is 2.10. The minimum absolute atomic E-state index is 0.0313. The van der Waals surface area contributed by atoms with Gasteiger partial charge in [0, 0.05) is 5.56 Å². The van der Waals surface area contributed by atoms with Crippen LogP contribution in [0.1, 0.15) is 20.7 Å². The van der Waals surface area contributed by atoms with E-state index in [-0.39, 0.29) is 11.1 Å². The van der Waals surface area contributed by atoms with Crippen molar-refractivity contribution in [3.63, 3.8) is 0 Å². The molecular weight excluding hydrogens is 198 g/mol. The summed E-state index contributed by atoms with van der Waals surface area (Å²) in [6, 6.07) is 5.83. The van der Waals surface area contributed by atoms with Gasteiger partial charge >= 0.3 is 5.97 Å². The summed E-state index contributed by atoms with van der Waals surface area (Å²) in [6.07, 6.45) is 0. The molecule has 1 rings (SSSR count). The summed E-state index contributed by atoms with van der Waals surface area (Å²) < 4.78 is 4.46. The van der Waals surface area contributed by atoms with Gasteiger partial charge in [-0.3, -0.25) is 9.59 Å². The van der Waals surface area contributed by atoms with Gasteiger partial charge in [0.1, 0.15) is 0 Å². The summed E-state index contributed by atoms with van der Waals surface area (Å²) in [5.41, 5.74) is 4.82. The van der Waals surface area contributed by atoms with Gasteiger partial charge in [0.05, 0.1) is 12.7 Å². The molecule has 0 saturated carbocycles. The van der Waals surface area contributed by atoms with Gasteiger partial charge in [0.25, 0.3) is 11.7 Å². The van der Waals surface area contributed by atoms with Gasteiger partial charge in [-0.05, 0) is 12.1 Å². The molecule has 0 bridgehead atoms. The third kappa shape index (κ3) is 2.19. The van der Waals surface area contributed by atoms with Gasteiger partial charge in [-0.15, -0.1) is 0 Å². The van der Waals surface area contributed by atoms with Crippen LogP contribution in [0.2, 0.25) is 0 Å². The van der Waals surface area contributed by atoms with Crippen LogP contribution < -0.4 is 5.73 Å². The van der Waals surface area contributed by atoms with Crippen LogP contribution in [-0.2, 0) is 9.53 Å². The number of carbonyl (C=O) groups is 3. The van der Waals surface area contributed by atoms with Crippen molar-refractivity contribution >= 4 is 17.7 Å². The third-order valence-corrected chi connectivity index (χ3v) is 1.80. The molecule has 15 heavy (non-hydrogen) atoms. The predicted octanol–water partition coefficient (Wildman–Crippen LogP) is 0.141. The zero-order valence-corrected chi connectivity index (χ0v) is 8.02. The number of hydrogen-bond donors (Lipinski definition) is 1. The van der Waals surface area contributed by atoms with Crippen LogP contribution in [0.3, 0.4) is 0 Å². The number of ether oxygens (including phenoxy) is 1. The zero-order chi connectivity index (χ0) is 11.4. The zero-order valence-electron chi connectivity index (χ0n) is 8.02. The van der Waals surface area contributed by atoms with Crippen LogP contribution in [0.5, 0.6) is 0 Å². The van der Waals surface area contributed by atoms with Gasteiger partial charge < -0.3 is 10.5 Å². The second-order valence-corrected chi connectivity index (χ2v) is 2.73. The molecular formula is C10H9NO4. The Morgan fingerprint density at radius 1 is 1.13 bits per heavy atom. The fraction of sp³-hybridized carbons (Fsp3) is 0.100. The van der Waals surface area contributed by atoms with E-state index in [0.29, 0.717) is 0 Å². The van der Waals surface area contributed by atoms with Gasteiger partial charge in [-0.2, -0.15) is 0 Å². The molecule has 5 heteroatoms. The topological polar surface area (TPSA) is 86.5 Å². The SMILES string of the molecule is COC(=O)c1ccccc1C(=O)C(N)=O. The van der Waals surface area contributed by atoms with Crippen molar-refractivity contribution in [2.24, 2.45) is 5.73 Å². The molecule has 1 amide bonds. The highest BCUT2D eigenvalue weighted by atomic mass is 16.5. The van der Waals surface area contributed by atoms with Crippen LogP contribution in [0.4, 0.5) is 0 Å². The second kappa shape index (κ2) is 4.36. The molecule has 0 radical (unpaired) electrons. The summed E-state index contributed by atoms with van der Waals surface area (Å²) in [4.78, 5) is 33.2. The lowest BCUT2D eigenvalue weighted by Crippen LogP contribution is -2.25. The molecule has 0 unspecified atom stereocenters. The summed E-state index contributed by atoms with van der Waals surface area (Å²) in [5, 5.41) is 0. The Balaban J connectivity index is 3.23. The van der Waals surface area contributed by atoms with E-state index in [0.717, 1.165) is 0 Å². The van der Waals surface area contributed by atoms with Crippen LogP contribution >= 0.6 is 0 Å². The molecule has 0 aromatic heterocycles. The smallest absolute Gasteiger partial charge is 0.338 e. The number of hydrogen-bond acceptors (Lipinski definition) is 4. The standard InChI is InChI=1S/C10H9NO4/c1-15-10(14)7-5-3-2-4-6(7)8(12)9(11)13/h2-5H,1H3,(H2,11,13). The average molecular weight is 207 g/mol. The van der Waals surface area contributed by atoms with Crippen LogP contribution in [0.25, 0.3) is 0 Å². The van der Waals surface area contributed by atoms with Crippen molar-refractivity contribution in [3.05, 3.63) is 35.4 Å². The first kappa shape index (κ1) is 10.9. The van der Waals surface area contributed by atoms with E-state index in [4.69, 9.17) is 5.73 Å². The van der Waals surface area contributed by atoms with Crippen molar-refractivity contribution < 1.29 is 19.1 Å². The van der Waals surface area contributed by atoms with Crippen LogP contribution in [0, 0.1) is 0 Å². The van der Waals surface area contributed by atoms with E-state index in [1.165, 1.54) is 25.3 Å². The molecule has 0 heterocycles. The predicted molar refractivity (Wildman–Crippen MR) is 51.3 cm³/mol. The molecule has 5 nitrogen and oxygen atoms in total. The van der Waals surface area contributed by atoms with Crippen molar-refractivity contribution in [3.8, 4) is 0 Å². The molecule has 2 N–H and O–H groups in total. The first-order chi connectivity index (χ1) is 7.07. The third-order valence-electron chi connectivity index (χ3n) is 1.80. The van der Waals surface area contributed by atoms with Crippen molar-refractivity contribution in [2.45, 2.75) is 0 Å². The van der Waals surface area contributed by atoms with E-state index in [2.05, 4.69) is 4.74 Å². The highest BCUT2D eigenvalue weighted by molar-refractivity contribution is 6.43. The number of esters is 1. The quantitative estimate of drug-likeness (QED) is 0.434. The number of rotatable bonds is 3. The average Bonchev–Trinajstić information content (AvgIpc) is 2.27. The summed E-state index contributed by atoms with van der Waals surface area (Å²) in [7, 11) is 1.19. The van der Waals surface area contributed by atoms with E-state index in [1.807, 2.05) is 0 Å². The van der Waals surface area contributed by atoms with E-state index in [9.17, 15) is 14.4 Å². The molecule has 0 aliphatic rings. The summed E-state index contributed by atoms with van der Waals surface area (Å²) >= 11 is 0. The van der Waals surface area contributed by atoms with Gasteiger partial charge in [-0.1, -0.05) is 12.1 Å². The first-order valence-corrected chi connectivity index (χ1v) is 4.09. The number of benzene rings is 1. The van der Waals surface area contributed by atoms with Gasteiger partial charge in [0.2, 0.25) is 0 Å². The maximum absolute atomic E-state index is 11.3. The number of nitrogens with two attached hydrogens (primary N) is 1. The molecule has 0 aliphatic heterocycles. The van der Waals surface area contributed by atoms with E-state index >= 15 is 0 Å². The minimum atomic E-state index is -1.11. The monoisotopic (exact) mass is 207 g/mol. The van der Waals surface area contributed by atoms with Crippen LogP contribution in [-0.4, -0.2) is 24.8 Å². The number of primary amides is 1. The van der Waals surface area contributed by atoms with E-state index < -0.39 is 17.7 Å². The Hall–Kier alpha value is -2.17. The summed E-state index contributed by atoms with van der Waals surface area (Å²) in [5.74, 6) is -2.69. The Morgan fingerprint density at radius 3 is 2.13 bits per heavy atom. The molecule has 78 valence electrons. The van der Waals surface area contributed by atoms with Crippen LogP contribution in [0.15, 0.2) is 24.3 Å². The first-order valence-electron chi connectivity index (χ1n) is 4.09. The van der Waals surface area contributed by atoms with Crippen molar-refractivity contribution in [1.29, 1.82) is 0 Å². The Bertz CT molecular complexity index is 425. The fourth-order valence-electron chi connectivity index (χ4n) is 1.10. The lowest BCUT2D eigenvalue weighted by molar-refractivity contribution is -0.114. The molecule has 0 fully saturated rings. The molecule has 0 saturated heterocycles. The maximum Gasteiger partial charge on any atom is 0.338 e. The molecule has 0 aliphatic carbocycles. The van der Waals surface area contributed by atoms with E-state index in [1.54, 1.807) is 6.07 Å². The molecule has 0 spiro atoms. The van der Waals surface area contributed by atoms with Crippen molar-refractivity contribution in [1.82, 2.24) is 0 Å². The number of ketones is 1. The normalized spacial score (nSPS) is 9.40. The Kier molecular flexibility index (Phi) is 3.17. The van der Waals surface area contributed by atoms with Gasteiger partial charge in [-0.25, -0.2) is 4.79 Å². The number of carbonyl (C=O) groups excluding carboxylic acids is 3. The van der Waals surface area contributed by atoms with Gasteiger partial charge in [0.15, 0.2) is 0 Å². The fourth-order valence-corrected chi connectivity index (χ4v) is 1.10. The number of Topliss-reactive ketones (excluding diaryl/α,β-unsaturated/α-hetero) is 1. The maximum atomic E-state index is 11.3. The minimum Gasteiger partial charge on any atom is -0.465 e. The number of methoxy groups -OCH3 is 1. The molecule has 1 aromatic carbocycles. The lowest BCUT2D eigenvalue weighted by Gasteiger charge is -2.03. The largest absolute Gasteiger partial charge is 0.465 e. The second-order valence-electron chi connectivity index (χ2n) is 2.73.